The molecule has 0 aliphatic heterocycles. The van der Waals surface area contributed by atoms with E-state index in [4.69, 9.17) is 27.9 Å². The van der Waals surface area contributed by atoms with Gasteiger partial charge >= 0.3 is 0 Å². The molecular formula is C19H21Cl2NO2. The lowest BCUT2D eigenvalue weighted by molar-refractivity contribution is -0.127. The summed E-state index contributed by atoms with van der Waals surface area (Å²) in [6.45, 7) is 6.11. The minimum atomic E-state index is -0.574. The first kappa shape index (κ1) is 18.6. The zero-order valence-electron chi connectivity index (χ0n) is 14.0. The summed E-state index contributed by atoms with van der Waals surface area (Å²) in [7, 11) is 0. The van der Waals surface area contributed by atoms with E-state index < -0.39 is 6.10 Å². The van der Waals surface area contributed by atoms with Crippen LogP contribution >= 0.6 is 23.2 Å². The van der Waals surface area contributed by atoms with Crippen LogP contribution in [0.5, 0.6) is 5.75 Å². The highest BCUT2D eigenvalue weighted by Gasteiger charge is 2.15. The molecule has 0 saturated carbocycles. The van der Waals surface area contributed by atoms with Gasteiger partial charge in [0.25, 0.3) is 5.91 Å². The van der Waals surface area contributed by atoms with Crippen molar-refractivity contribution in [3.05, 3.63) is 63.1 Å². The van der Waals surface area contributed by atoms with Crippen molar-refractivity contribution >= 4 is 29.1 Å². The maximum Gasteiger partial charge on any atom is 0.260 e. The molecule has 1 unspecified atom stereocenters. The van der Waals surface area contributed by atoms with Crippen LogP contribution in [0.4, 0.5) is 0 Å². The lowest BCUT2D eigenvalue weighted by Crippen LogP contribution is -2.37. The Balaban J connectivity index is 1.85. The molecule has 0 spiro atoms. The first-order valence-corrected chi connectivity index (χ1v) is 8.58. The molecular weight excluding hydrogens is 345 g/mol. The molecule has 2 rings (SSSR count). The maximum absolute atomic E-state index is 12.1. The van der Waals surface area contributed by atoms with Crippen LogP contribution < -0.4 is 10.1 Å². The molecule has 0 fully saturated rings. The monoisotopic (exact) mass is 365 g/mol. The summed E-state index contributed by atoms with van der Waals surface area (Å²) in [4.78, 5) is 12.1. The normalized spacial score (nSPS) is 11.9. The largest absolute Gasteiger partial charge is 0.481 e. The van der Waals surface area contributed by atoms with Crippen LogP contribution in [0, 0.1) is 13.8 Å². The molecule has 0 radical (unpaired) electrons. The summed E-state index contributed by atoms with van der Waals surface area (Å²) in [5, 5.41) is 4.31. The van der Waals surface area contributed by atoms with Gasteiger partial charge in [-0.3, -0.25) is 4.79 Å². The third-order valence-corrected chi connectivity index (χ3v) is 4.57. The minimum Gasteiger partial charge on any atom is -0.481 e. The van der Waals surface area contributed by atoms with Crippen LogP contribution in [0.3, 0.4) is 0 Å². The molecule has 0 saturated heterocycles. The highest BCUT2D eigenvalue weighted by atomic mass is 35.5. The van der Waals surface area contributed by atoms with Gasteiger partial charge in [0.15, 0.2) is 6.10 Å². The Labute approximate surface area is 152 Å². The molecule has 0 heterocycles. The summed E-state index contributed by atoms with van der Waals surface area (Å²) in [5.74, 6) is 0.504. The van der Waals surface area contributed by atoms with Crippen LogP contribution in [0.1, 0.15) is 23.6 Å². The van der Waals surface area contributed by atoms with Crippen LogP contribution in [-0.2, 0) is 11.2 Å². The number of rotatable bonds is 6. The number of amides is 1. The van der Waals surface area contributed by atoms with Gasteiger partial charge in [0, 0.05) is 16.6 Å². The zero-order chi connectivity index (χ0) is 17.7. The summed E-state index contributed by atoms with van der Waals surface area (Å²) in [6.07, 6.45) is 0.171. The van der Waals surface area contributed by atoms with Crippen molar-refractivity contribution in [3.8, 4) is 5.75 Å². The van der Waals surface area contributed by atoms with Crippen molar-refractivity contribution in [2.75, 3.05) is 6.54 Å². The predicted octanol–water partition coefficient (Wildman–Crippen LogP) is 4.74. The van der Waals surface area contributed by atoms with Gasteiger partial charge < -0.3 is 10.1 Å². The lowest BCUT2D eigenvalue weighted by Gasteiger charge is -2.16. The van der Waals surface area contributed by atoms with Gasteiger partial charge in [0.05, 0.1) is 0 Å². The van der Waals surface area contributed by atoms with Crippen LogP contribution in [0.15, 0.2) is 36.4 Å². The summed E-state index contributed by atoms with van der Waals surface area (Å²) >= 11 is 12.0. The van der Waals surface area contributed by atoms with Crippen molar-refractivity contribution in [3.63, 3.8) is 0 Å². The maximum atomic E-state index is 12.1. The highest BCUT2D eigenvalue weighted by Crippen LogP contribution is 2.26. The Morgan fingerprint density at radius 3 is 2.29 bits per heavy atom. The SMILES string of the molecule is Cc1cc(OC(C)C(=O)NCCc2ccc(Cl)cc2)cc(C)c1Cl. The molecule has 0 aromatic heterocycles. The fraction of sp³-hybridized carbons (Fsp3) is 0.316. The number of nitrogens with one attached hydrogen (secondary N) is 1. The Morgan fingerprint density at radius 1 is 1.12 bits per heavy atom. The molecule has 3 nitrogen and oxygen atoms in total. The highest BCUT2D eigenvalue weighted by molar-refractivity contribution is 6.32. The molecule has 1 atom stereocenters. The molecule has 0 aliphatic carbocycles. The van der Waals surface area contributed by atoms with E-state index in [1.165, 1.54) is 0 Å². The quantitative estimate of drug-likeness (QED) is 0.802. The molecule has 1 N–H and O–H groups in total. The molecule has 24 heavy (non-hydrogen) atoms. The molecule has 2 aromatic carbocycles. The van der Waals surface area contributed by atoms with E-state index in [0.29, 0.717) is 17.3 Å². The zero-order valence-corrected chi connectivity index (χ0v) is 15.5. The topological polar surface area (TPSA) is 38.3 Å². The number of hydrogen-bond donors (Lipinski definition) is 1. The van der Waals surface area contributed by atoms with Crippen LogP contribution in [0.25, 0.3) is 0 Å². The Bertz CT molecular complexity index is 691. The average Bonchev–Trinajstić information content (AvgIpc) is 2.54. The van der Waals surface area contributed by atoms with E-state index >= 15 is 0 Å². The fourth-order valence-corrected chi connectivity index (χ4v) is 2.59. The van der Waals surface area contributed by atoms with E-state index in [9.17, 15) is 4.79 Å². The Kier molecular flexibility index (Phi) is 6.52. The standard InChI is InChI=1S/C19H21Cl2NO2/c1-12-10-17(11-13(2)18(12)21)24-14(3)19(23)22-9-8-15-4-6-16(20)7-5-15/h4-7,10-11,14H,8-9H2,1-3H3,(H,22,23). The average molecular weight is 366 g/mol. The smallest absolute Gasteiger partial charge is 0.260 e. The number of benzene rings is 2. The van der Waals surface area contributed by atoms with Gasteiger partial charge in [-0.2, -0.15) is 0 Å². The molecule has 1 amide bonds. The van der Waals surface area contributed by atoms with Gasteiger partial charge in [0.1, 0.15) is 5.75 Å². The summed E-state index contributed by atoms with van der Waals surface area (Å²) in [5.41, 5.74) is 2.99. The van der Waals surface area contributed by atoms with E-state index in [1.54, 1.807) is 6.92 Å². The van der Waals surface area contributed by atoms with Gasteiger partial charge in [-0.15, -0.1) is 0 Å². The number of hydrogen-bond acceptors (Lipinski definition) is 2. The summed E-state index contributed by atoms with van der Waals surface area (Å²) in [6, 6.07) is 11.3. The second-order valence-electron chi connectivity index (χ2n) is 5.80. The van der Waals surface area contributed by atoms with E-state index in [-0.39, 0.29) is 5.91 Å². The first-order valence-electron chi connectivity index (χ1n) is 7.82. The molecule has 128 valence electrons. The molecule has 2 aromatic rings. The van der Waals surface area contributed by atoms with Crippen molar-refractivity contribution in [2.24, 2.45) is 0 Å². The third kappa shape index (κ3) is 5.15. The van der Waals surface area contributed by atoms with Gasteiger partial charge in [-0.25, -0.2) is 0 Å². The Morgan fingerprint density at radius 2 is 1.71 bits per heavy atom. The van der Waals surface area contributed by atoms with E-state index in [0.717, 1.165) is 28.1 Å². The van der Waals surface area contributed by atoms with Gasteiger partial charge in [0.2, 0.25) is 0 Å². The second-order valence-corrected chi connectivity index (χ2v) is 6.61. The number of aryl methyl sites for hydroxylation is 2. The van der Waals surface area contributed by atoms with Crippen molar-refractivity contribution < 1.29 is 9.53 Å². The number of halogens is 2. The van der Waals surface area contributed by atoms with Gasteiger partial charge in [-0.05, 0) is 68.1 Å². The second kappa shape index (κ2) is 8.41. The minimum absolute atomic E-state index is 0.144. The van der Waals surface area contributed by atoms with Crippen molar-refractivity contribution in [2.45, 2.75) is 33.3 Å². The third-order valence-electron chi connectivity index (χ3n) is 3.72. The van der Waals surface area contributed by atoms with E-state index in [2.05, 4.69) is 5.32 Å². The predicted molar refractivity (Wildman–Crippen MR) is 99.2 cm³/mol. The van der Waals surface area contributed by atoms with Crippen LogP contribution in [-0.4, -0.2) is 18.6 Å². The van der Waals surface area contributed by atoms with Crippen molar-refractivity contribution in [1.82, 2.24) is 5.32 Å². The molecule has 5 heteroatoms. The van der Waals surface area contributed by atoms with Gasteiger partial charge in [-0.1, -0.05) is 35.3 Å². The molecule has 0 bridgehead atoms. The fourth-order valence-electron chi connectivity index (χ4n) is 2.36. The van der Waals surface area contributed by atoms with Crippen LogP contribution in [0.2, 0.25) is 10.0 Å². The first-order chi connectivity index (χ1) is 11.4. The van der Waals surface area contributed by atoms with Crippen molar-refractivity contribution in [1.29, 1.82) is 0 Å². The molecule has 0 aliphatic rings. The number of ether oxygens (including phenoxy) is 1. The van der Waals surface area contributed by atoms with E-state index in [1.807, 2.05) is 50.2 Å². The number of carbonyl (C=O) groups excluding carboxylic acids is 1. The lowest BCUT2D eigenvalue weighted by atomic mass is 10.1. The number of carbonyl (C=O) groups is 1. The Hall–Kier alpha value is -1.71. The summed E-state index contributed by atoms with van der Waals surface area (Å²) < 4.78 is 5.72.